The predicted molar refractivity (Wildman–Crippen MR) is 86.7 cm³/mol. The minimum atomic E-state index is -0.652. The van der Waals surface area contributed by atoms with Crippen molar-refractivity contribution in [3.63, 3.8) is 0 Å². The number of carboxylic acids is 1. The van der Waals surface area contributed by atoms with Gasteiger partial charge in [0.25, 0.3) is 0 Å². The quantitative estimate of drug-likeness (QED) is 0.799. The van der Waals surface area contributed by atoms with Crippen molar-refractivity contribution >= 4 is 5.97 Å². The van der Waals surface area contributed by atoms with Crippen LogP contribution in [0, 0.1) is 19.3 Å². The molecule has 2 rings (SSSR count). The van der Waals surface area contributed by atoms with Gasteiger partial charge in [-0.3, -0.25) is 4.79 Å². The topological polar surface area (TPSA) is 37.3 Å². The third kappa shape index (κ3) is 2.86. The van der Waals surface area contributed by atoms with Gasteiger partial charge in [-0.05, 0) is 50.5 Å². The van der Waals surface area contributed by atoms with Crippen LogP contribution < -0.4 is 0 Å². The number of hydrogen-bond acceptors (Lipinski definition) is 1. The van der Waals surface area contributed by atoms with Crippen LogP contribution in [0.5, 0.6) is 0 Å². The van der Waals surface area contributed by atoms with Crippen LogP contribution in [-0.4, -0.2) is 11.1 Å². The summed E-state index contributed by atoms with van der Waals surface area (Å²) in [7, 11) is 0. The average Bonchev–Trinajstić information content (AvgIpc) is 2.33. The lowest BCUT2D eigenvalue weighted by Crippen LogP contribution is -2.54. The highest BCUT2D eigenvalue weighted by molar-refractivity contribution is 5.83. The molecule has 1 aromatic carbocycles. The second-order valence-corrected chi connectivity index (χ2v) is 7.12. The van der Waals surface area contributed by atoms with Crippen LogP contribution in [-0.2, 0) is 10.2 Å². The van der Waals surface area contributed by atoms with Crippen LogP contribution in [0.3, 0.4) is 0 Å². The highest BCUT2D eigenvalue weighted by atomic mass is 16.4. The maximum Gasteiger partial charge on any atom is 0.314 e. The third-order valence-corrected chi connectivity index (χ3v) is 5.10. The van der Waals surface area contributed by atoms with Gasteiger partial charge in [0.1, 0.15) is 0 Å². The minimum Gasteiger partial charge on any atom is -0.481 e. The van der Waals surface area contributed by atoms with E-state index < -0.39 is 11.4 Å². The van der Waals surface area contributed by atoms with Gasteiger partial charge in [0, 0.05) is 0 Å². The number of aliphatic carboxylic acids is 1. The zero-order valence-corrected chi connectivity index (χ0v) is 13.8. The minimum absolute atomic E-state index is 0.250. The van der Waals surface area contributed by atoms with Crippen molar-refractivity contribution in [2.75, 3.05) is 0 Å². The molecule has 0 atom stereocenters. The van der Waals surface area contributed by atoms with Gasteiger partial charge >= 0.3 is 5.97 Å². The largest absolute Gasteiger partial charge is 0.481 e. The van der Waals surface area contributed by atoms with Gasteiger partial charge in [-0.15, -0.1) is 0 Å². The average molecular weight is 288 g/mol. The Hall–Kier alpha value is -1.31. The molecule has 1 fully saturated rings. The molecule has 0 aliphatic heterocycles. The normalized spacial score (nSPS) is 19.0. The van der Waals surface area contributed by atoms with Gasteiger partial charge in [-0.2, -0.15) is 0 Å². The number of carbonyl (C=O) groups is 1. The van der Waals surface area contributed by atoms with E-state index in [1.54, 1.807) is 0 Å². The van der Waals surface area contributed by atoms with Crippen molar-refractivity contribution in [3.8, 4) is 0 Å². The Morgan fingerprint density at radius 2 is 1.52 bits per heavy atom. The molecule has 1 aliphatic rings. The summed E-state index contributed by atoms with van der Waals surface area (Å²) >= 11 is 0. The van der Waals surface area contributed by atoms with Gasteiger partial charge in [-0.1, -0.05) is 56.0 Å². The van der Waals surface area contributed by atoms with E-state index >= 15 is 0 Å². The van der Waals surface area contributed by atoms with Crippen LogP contribution in [0.2, 0.25) is 0 Å². The van der Waals surface area contributed by atoms with Crippen molar-refractivity contribution in [1.29, 1.82) is 0 Å². The first-order valence-electron chi connectivity index (χ1n) is 8.20. The lowest BCUT2D eigenvalue weighted by atomic mass is 9.48. The zero-order valence-electron chi connectivity index (χ0n) is 13.8. The number of benzene rings is 1. The molecular weight excluding hydrogens is 260 g/mol. The van der Waals surface area contributed by atoms with Crippen molar-refractivity contribution < 1.29 is 9.90 Å². The number of hydrogen-bond donors (Lipinski definition) is 1. The lowest BCUT2D eigenvalue weighted by Gasteiger charge is -2.55. The lowest BCUT2D eigenvalue weighted by molar-refractivity contribution is -0.155. The smallest absolute Gasteiger partial charge is 0.314 e. The Morgan fingerprint density at radius 1 is 1.05 bits per heavy atom. The molecule has 0 saturated heterocycles. The summed E-state index contributed by atoms with van der Waals surface area (Å²) in [4.78, 5) is 12.0. The van der Waals surface area contributed by atoms with Gasteiger partial charge < -0.3 is 5.11 Å². The van der Waals surface area contributed by atoms with E-state index in [0.717, 1.165) is 55.2 Å². The summed E-state index contributed by atoms with van der Waals surface area (Å²) in [6.07, 6.45) is 6.20. The van der Waals surface area contributed by atoms with Crippen molar-refractivity contribution in [2.24, 2.45) is 5.41 Å². The standard InChI is InChI=1S/C19H28O2/c1-5-7-18(8-6-2)12-19(13-18,17(20)21)16-10-14(3)9-15(4)11-16/h9-11H,5-8,12-13H2,1-4H3,(H,20,21). The van der Waals surface area contributed by atoms with Crippen molar-refractivity contribution in [2.45, 2.75) is 71.6 Å². The van der Waals surface area contributed by atoms with E-state index in [4.69, 9.17) is 0 Å². The van der Waals surface area contributed by atoms with Crippen LogP contribution in [0.1, 0.15) is 69.1 Å². The van der Waals surface area contributed by atoms with E-state index in [9.17, 15) is 9.90 Å². The summed E-state index contributed by atoms with van der Waals surface area (Å²) < 4.78 is 0. The van der Waals surface area contributed by atoms with E-state index in [1.165, 1.54) is 0 Å². The van der Waals surface area contributed by atoms with Crippen molar-refractivity contribution in [1.82, 2.24) is 0 Å². The molecule has 116 valence electrons. The Kier molecular flexibility index (Phi) is 4.46. The Balaban J connectivity index is 2.35. The van der Waals surface area contributed by atoms with Crippen molar-refractivity contribution in [3.05, 3.63) is 34.9 Å². The first-order chi connectivity index (χ1) is 9.87. The summed E-state index contributed by atoms with van der Waals surface area (Å²) in [6, 6.07) is 6.26. The molecule has 2 nitrogen and oxygen atoms in total. The first kappa shape index (κ1) is 16.1. The zero-order chi connectivity index (χ0) is 15.7. The maximum absolute atomic E-state index is 12.0. The van der Waals surface area contributed by atoms with Gasteiger partial charge in [0.15, 0.2) is 0 Å². The first-order valence-corrected chi connectivity index (χ1v) is 8.20. The second-order valence-electron chi connectivity index (χ2n) is 7.12. The van der Waals surface area contributed by atoms with E-state index in [-0.39, 0.29) is 5.41 Å². The number of aryl methyl sites for hydroxylation is 2. The fraction of sp³-hybridized carbons (Fsp3) is 0.632. The molecule has 21 heavy (non-hydrogen) atoms. The third-order valence-electron chi connectivity index (χ3n) is 5.10. The second kappa shape index (κ2) is 5.82. The molecule has 0 bridgehead atoms. The highest BCUT2D eigenvalue weighted by Gasteiger charge is 2.58. The van der Waals surface area contributed by atoms with Crippen LogP contribution >= 0.6 is 0 Å². The number of rotatable bonds is 6. The molecule has 0 unspecified atom stereocenters. The molecule has 1 N–H and O–H groups in total. The molecule has 0 radical (unpaired) electrons. The SMILES string of the molecule is CCCC1(CCC)CC(C(=O)O)(c2cc(C)cc(C)c2)C1. The van der Waals surface area contributed by atoms with Gasteiger partial charge in [-0.25, -0.2) is 0 Å². The summed E-state index contributed by atoms with van der Waals surface area (Å²) in [5.74, 6) is -0.643. The Bertz CT molecular complexity index is 496. The molecular formula is C19H28O2. The predicted octanol–water partition coefficient (Wildman–Crippen LogP) is 5.01. The summed E-state index contributed by atoms with van der Waals surface area (Å²) in [6.45, 7) is 8.51. The fourth-order valence-electron chi connectivity index (χ4n) is 4.50. The molecule has 1 aromatic rings. The maximum atomic E-state index is 12.0. The van der Waals surface area contributed by atoms with Crippen LogP contribution in [0.4, 0.5) is 0 Å². The van der Waals surface area contributed by atoms with E-state index in [1.807, 2.05) is 0 Å². The molecule has 0 aromatic heterocycles. The highest BCUT2D eigenvalue weighted by Crippen LogP contribution is 2.60. The molecule has 0 spiro atoms. The van der Waals surface area contributed by atoms with Crippen LogP contribution in [0.15, 0.2) is 18.2 Å². The molecule has 0 amide bonds. The molecule has 1 aliphatic carbocycles. The van der Waals surface area contributed by atoms with E-state index in [2.05, 4.69) is 45.9 Å². The Morgan fingerprint density at radius 3 is 1.90 bits per heavy atom. The van der Waals surface area contributed by atoms with E-state index in [0.29, 0.717) is 0 Å². The molecule has 0 heterocycles. The summed E-state index contributed by atoms with van der Waals surface area (Å²) in [5, 5.41) is 9.89. The molecule has 1 saturated carbocycles. The van der Waals surface area contributed by atoms with Gasteiger partial charge in [0.05, 0.1) is 5.41 Å². The monoisotopic (exact) mass is 288 g/mol. The van der Waals surface area contributed by atoms with Crippen LogP contribution in [0.25, 0.3) is 0 Å². The number of carboxylic acid groups (broad SMARTS) is 1. The Labute approximate surface area is 128 Å². The fourth-order valence-corrected chi connectivity index (χ4v) is 4.50. The molecule has 2 heteroatoms. The van der Waals surface area contributed by atoms with Gasteiger partial charge in [0.2, 0.25) is 0 Å². The summed E-state index contributed by atoms with van der Waals surface area (Å²) in [5.41, 5.74) is 2.93.